The maximum absolute atomic E-state index is 10.5. The first-order valence-electron chi connectivity index (χ1n) is 3.32. The molecule has 0 radical (unpaired) electrons. The molecule has 0 bridgehead atoms. The topological polar surface area (TPSA) is 37.3 Å². The predicted molar refractivity (Wildman–Crippen MR) is 44.5 cm³/mol. The van der Waals surface area contributed by atoms with Gasteiger partial charge in [-0.15, -0.1) is 0 Å². The largest absolute Gasteiger partial charge is 0.480 e. The molecule has 0 rings (SSSR count). The summed E-state index contributed by atoms with van der Waals surface area (Å²) in [5.74, 6) is -0.469. The van der Waals surface area contributed by atoms with Crippen molar-refractivity contribution >= 4 is 18.6 Å². The van der Waals surface area contributed by atoms with Crippen LogP contribution in [0.4, 0.5) is 0 Å². The van der Waals surface area contributed by atoms with Crippen molar-refractivity contribution in [1.82, 2.24) is 0 Å². The quantitative estimate of drug-likeness (QED) is 0.621. The zero-order chi connectivity index (χ0) is 8.36. The molecule has 10 heavy (non-hydrogen) atoms. The second kappa shape index (κ2) is 3.28. The Morgan fingerprint density at radius 2 is 2.10 bits per heavy atom. The smallest absolute Gasteiger partial charge is 0.319 e. The van der Waals surface area contributed by atoms with Crippen molar-refractivity contribution in [2.45, 2.75) is 31.9 Å². The van der Waals surface area contributed by atoms with Crippen LogP contribution in [0.25, 0.3) is 0 Å². The molecule has 1 N–H and O–H groups in total. The minimum absolute atomic E-state index is 0.374. The Kier molecular flexibility index (Phi) is 3.22. The van der Waals surface area contributed by atoms with Crippen LogP contribution >= 0.6 is 12.6 Å². The summed E-state index contributed by atoms with van der Waals surface area (Å²) in [5.41, 5.74) is 0. The number of carbonyl (C=O) groups is 1. The highest BCUT2D eigenvalue weighted by Gasteiger charge is 2.28. The molecule has 0 aromatic rings. The van der Waals surface area contributed by atoms with Crippen molar-refractivity contribution in [2.24, 2.45) is 5.92 Å². The van der Waals surface area contributed by atoms with E-state index < -0.39 is 10.7 Å². The first-order valence-corrected chi connectivity index (χ1v) is 3.77. The Hall–Kier alpha value is -0.180. The van der Waals surface area contributed by atoms with Gasteiger partial charge in [0.05, 0.1) is 0 Å². The Morgan fingerprint density at radius 1 is 1.70 bits per heavy atom. The summed E-state index contributed by atoms with van der Waals surface area (Å²) in [6.07, 6.45) is 0.603. The van der Waals surface area contributed by atoms with E-state index in [0.717, 1.165) is 0 Å². The molecule has 60 valence electrons. The Labute approximate surface area is 67.0 Å². The van der Waals surface area contributed by atoms with E-state index in [-0.39, 0.29) is 0 Å². The van der Waals surface area contributed by atoms with Gasteiger partial charge in [-0.05, 0) is 19.3 Å². The van der Waals surface area contributed by atoms with Gasteiger partial charge in [-0.2, -0.15) is 12.6 Å². The molecule has 0 unspecified atom stereocenters. The van der Waals surface area contributed by atoms with Crippen molar-refractivity contribution in [3.63, 3.8) is 0 Å². The average Bonchev–Trinajstić information content (AvgIpc) is 1.60. The SMILES string of the molecule is CC(C)C[C@](C)(S)C(=O)O. The molecule has 2 nitrogen and oxygen atoms in total. The third kappa shape index (κ3) is 3.11. The molecule has 0 saturated heterocycles. The fourth-order valence-corrected chi connectivity index (χ4v) is 1.25. The number of hydrogen-bond acceptors (Lipinski definition) is 2. The van der Waals surface area contributed by atoms with Gasteiger partial charge in [-0.1, -0.05) is 13.8 Å². The molecule has 0 spiro atoms. The minimum Gasteiger partial charge on any atom is -0.480 e. The summed E-state index contributed by atoms with van der Waals surface area (Å²) in [7, 11) is 0. The van der Waals surface area contributed by atoms with Crippen LogP contribution in [0.3, 0.4) is 0 Å². The fraction of sp³-hybridized carbons (Fsp3) is 0.857. The van der Waals surface area contributed by atoms with Gasteiger partial charge in [-0.25, -0.2) is 0 Å². The molecule has 0 aliphatic carbocycles. The first kappa shape index (κ1) is 9.82. The molecular weight excluding hydrogens is 148 g/mol. The van der Waals surface area contributed by atoms with Crippen molar-refractivity contribution < 1.29 is 9.90 Å². The molecule has 0 aromatic carbocycles. The lowest BCUT2D eigenvalue weighted by atomic mass is 9.98. The van der Waals surface area contributed by atoms with E-state index in [2.05, 4.69) is 12.6 Å². The summed E-state index contributed by atoms with van der Waals surface area (Å²) in [6, 6.07) is 0. The Balaban J connectivity index is 4.00. The van der Waals surface area contributed by atoms with Gasteiger partial charge >= 0.3 is 5.97 Å². The summed E-state index contributed by atoms with van der Waals surface area (Å²) < 4.78 is -0.867. The van der Waals surface area contributed by atoms with Gasteiger partial charge in [0.15, 0.2) is 0 Å². The summed E-state index contributed by atoms with van der Waals surface area (Å²) in [5, 5.41) is 8.61. The van der Waals surface area contributed by atoms with Crippen LogP contribution in [0.2, 0.25) is 0 Å². The van der Waals surface area contributed by atoms with Crippen LogP contribution in [0.5, 0.6) is 0 Å². The van der Waals surface area contributed by atoms with Crippen LogP contribution < -0.4 is 0 Å². The third-order valence-electron chi connectivity index (χ3n) is 1.27. The van der Waals surface area contributed by atoms with Gasteiger partial charge in [0.25, 0.3) is 0 Å². The molecule has 3 heteroatoms. The normalized spacial score (nSPS) is 16.9. The van der Waals surface area contributed by atoms with Gasteiger partial charge in [0.2, 0.25) is 0 Å². The van der Waals surface area contributed by atoms with E-state index in [1.54, 1.807) is 6.92 Å². The van der Waals surface area contributed by atoms with Crippen LogP contribution in [-0.4, -0.2) is 15.8 Å². The van der Waals surface area contributed by atoms with Crippen molar-refractivity contribution in [1.29, 1.82) is 0 Å². The van der Waals surface area contributed by atoms with Gasteiger partial charge < -0.3 is 5.11 Å². The second-order valence-corrected chi connectivity index (χ2v) is 4.16. The van der Waals surface area contributed by atoms with E-state index in [1.165, 1.54) is 0 Å². The van der Waals surface area contributed by atoms with E-state index in [0.29, 0.717) is 12.3 Å². The zero-order valence-electron chi connectivity index (χ0n) is 6.59. The third-order valence-corrected chi connectivity index (χ3v) is 1.64. The van der Waals surface area contributed by atoms with E-state index in [9.17, 15) is 4.79 Å². The lowest BCUT2D eigenvalue weighted by Gasteiger charge is -2.19. The Bertz CT molecular complexity index is 130. The molecule has 0 saturated carbocycles. The fourth-order valence-electron chi connectivity index (χ4n) is 0.882. The molecule has 0 fully saturated rings. The van der Waals surface area contributed by atoms with Gasteiger partial charge in [0.1, 0.15) is 4.75 Å². The summed E-state index contributed by atoms with van der Waals surface area (Å²) in [4.78, 5) is 10.5. The number of hydrogen-bond donors (Lipinski definition) is 2. The average molecular weight is 162 g/mol. The second-order valence-electron chi connectivity index (χ2n) is 3.18. The number of carboxylic acid groups (broad SMARTS) is 1. The molecule has 0 aliphatic rings. The van der Waals surface area contributed by atoms with E-state index in [4.69, 9.17) is 5.11 Å². The first-order chi connectivity index (χ1) is 4.36. The predicted octanol–water partition coefficient (Wildman–Crippen LogP) is 1.81. The number of aliphatic carboxylic acids is 1. The van der Waals surface area contributed by atoms with Crippen molar-refractivity contribution in [3.8, 4) is 0 Å². The standard InChI is InChI=1S/C7H14O2S/c1-5(2)4-7(3,10)6(8)9/h5,10H,4H2,1-3H3,(H,8,9)/t7-/m0/s1. The molecule has 0 aliphatic heterocycles. The van der Waals surface area contributed by atoms with Gasteiger partial charge in [0, 0.05) is 0 Å². The maximum atomic E-state index is 10.5. The van der Waals surface area contributed by atoms with Crippen LogP contribution in [0, 0.1) is 5.92 Å². The van der Waals surface area contributed by atoms with Crippen molar-refractivity contribution in [2.75, 3.05) is 0 Å². The van der Waals surface area contributed by atoms with Crippen LogP contribution in [0.15, 0.2) is 0 Å². The number of rotatable bonds is 3. The van der Waals surface area contributed by atoms with E-state index >= 15 is 0 Å². The highest BCUT2D eigenvalue weighted by Crippen LogP contribution is 2.23. The maximum Gasteiger partial charge on any atom is 0.319 e. The molecular formula is C7H14O2S. The number of thiol groups is 1. The minimum atomic E-state index is -0.867. The highest BCUT2D eigenvalue weighted by molar-refractivity contribution is 7.82. The lowest BCUT2D eigenvalue weighted by molar-refractivity contribution is -0.139. The lowest BCUT2D eigenvalue weighted by Crippen LogP contribution is -2.30. The van der Waals surface area contributed by atoms with Crippen molar-refractivity contribution in [3.05, 3.63) is 0 Å². The van der Waals surface area contributed by atoms with Crippen LogP contribution in [-0.2, 0) is 4.79 Å². The zero-order valence-corrected chi connectivity index (χ0v) is 7.48. The van der Waals surface area contributed by atoms with E-state index in [1.807, 2.05) is 13.8 Å². The molecule has 0 aromatic heterocycles. The van der Waals surface area contributed by atoms with Crippen LogP contribution in [0.1, 0.15) is 27.2 Å². The van der Waals surface area contributed by atoms with Gasteiger partial charge in [-0.3, -0.25) is 4.79 Å². The monoisotopic (exact) mass is 162 g/mol. The Morgan fingerprint density at radius 3 is 2.20 bits per heavy atom. The summed E-state index contributed by atoms with van der Waals surface area (Å²) >= 11 is 4.02. The molecule has 1 atom stereocenters. The molecule has 0 amide bonds. The molecule has 0 heterocycles. The number of carboxylic acids is 1. The highest BCUT2D eigenvalue weighted by atomic mass is 32.1. The summed E-state index contributed by atoms with van der Waals surface area (Å²) in [6.45, 7) is 5.59.